The highest BCUT2D eigenvalue weighted by molar-refractivity contribution is 6.30. The molecule has 7 nitrogen and oxygen atoms in total. The molecule has 3 heterocycles. The van der Waals surface area contributed by atoms with Gasteiger partial charge < -0.3 is 19.6 Å². The molecule has 33 heavy (non-hydrogen) atoms. The molecule has 0 aliphatic carbocycles. The number of fused-ring (bicyclic) bond motifs is 1. The number of likely N-dealkylation sites (tertiary alicyclic amines) is 1. The van der Waals surface area contributed by atoms with Crippen molar-refractivity contribution in [2.24, 2.45) is 5.92 Å². The summed E-state index contributed by atoms with van der Waals surface area (Å²) in [5, 5.41) is 9.19. The second-order valence-corrected chi connectivity index (χ2v) is 9.71. The highest BCUT2D eigenvalue weighted by atomic mass is 35.5. The van der Waals surface area contributed by atoms with E-state index in [4.69, 9.17) is 26.4 Å². The standard InChI is InChI=1S/C24H27ClFN3O4/c1-24(2)13-29(15-4-5-16(25)17(26)11-15)19-7-6-18(27-22(19)24)23(32)28-9-8-14(10-21(30)31)20(12-28)33-3/h4-7,11,14,20H,8-10,12-13H2,1-3H3,(H,30,31)/t14-,20+/m0/s1. The molecule has 2 aromatic rings. The number of rotatable bonds is 5. The Labute approximate surface area is 197 Å². The average molecular weight is 476 g/mol. The molecule has 0 unspecified atom stereocenters. The van der Waals surface area contributed by atoms with Crippen molar-refractivity contribution < 1.29 is 23.8 Å². The molecule has 2 atom stereocenters. The summed E-state index contributed by atoms with van der Waals surface area (Å²) in [5.41, 5.74) is 2.25. The molecule has 1 aromatic carbocycles. The number of hydrogen-bond donors (Lipinski definition) is 1. The van der Waals surface area contributed by atoms with E-state index in [2.05, 4.69) is 0 Å². The lowest BCUT2D eigenvalue weighted by molar-refractivity contribution is -0.140. The van der Waals surface area contributed by atoms with Crippen LogP contribution >= 0.6 is 11.6 Å². The first-order valence-corrected chi connectivity index (χ1v) is 11.3. The van der Waals surface area contributed by atoms with Gasteiger partial charge in [-0.25, -0.2) is 9.37 Å². The van der Waals surface area contributed by atoms with Crippen LogP contribution in [0.1, 0.15) is 42.9 Å². The van der Waals surface area contributed by atoms with Gasteiger partial charge in [-0.1, -0.05) is 25.4 Å². The number of aliphatic carboxylic acids is 1. The SMILES string of the molecule is CO[C@@H]1CN(C(=O)c2ccc3c(n2)C(C)(C)CN3c2ccc(Cl)c(F)c2)CC[C@H]1CC(=O)O. The van der Waals surface area contributed by atoms with Crippen LogP contribution in [0.3, 0.4) is 0 Å². The average Bonchev–Trinajstić information content (AvgIpc) is 3.05. The van der Waals surface area contributed by atoms with Crippen molar-refractivity contribution >= 4 is 34.9 Å². The number of benzene rings is 1. The van der Waals surface area contributed by atoms with Crippen LogP contribution in [-0.2, 0) is 14.9 Å². The first kappa shape index (κ1) is 23.4. The topological polar surface area (TPSA) is 83.0 Å². The van der Waals surface area contributed by atoms with Gasteiger partial charge in [0.1, 0.15) is 11.5 Å². The van der Waals surface area contributed by atoms with Gasteiger partial charge in [-0.2, -0.15) is 0 Å². The summed E-state index contributed by atoms with van der Waals surface area (Å²) in [6, 6.07) is 8.23. The third-order valence-corrected chi connectivity index (χ3v) is 6.82. The predicted molar refractivity (Wildman–Crippen MR) is 123 cm³/mol. The summed E-state index contributed by atoms with van der Waals surface area (Å²) in [6.07, 6.45) is 0.246. The van der Waals surface area contributed by atoms with Crippen molar-refractivity contribution in [3.8, 4) is 0 Å². The van der Waals surface area contributed by atoms with Crippen molar-refractivity contribution in [1.29, 1.82) is 0 Å². The Kier molecular flexibility index (Phi) is 6.33. The number of aromatic nitrogens is 1. The molecule has 0 spiro atoms. The van der Waals surface area contributed by atoms with Gasteiger partial charge in [0.25, 0.3) is 5.91 Å². The van der Waals surface area contributed by atoms with Crippen LogP contribution in [0, 0.1) is 11.7 Å². The van der Waals surface area contributed by atoms with E-state index in [-0.39, 0.29) is 34.8 Å². The van der Waals surface area contributed by atoms with E-state index in [1.807, 2.05) is 24.8 Å². The number of carbonyl (C=O) groups excluding carboxylic acids is 1. The molecule has 176 valence electrons. The molecule has 2 aliphatic rings. The Balaban J connectivity index is 1.58. The van der Waals surface area contributed by atoms with Gasteiger partial charge in [0.05, 0.1) is 28.9 Å². The Hall–Kier alpha value is -2.71. The molecule has 2 aliphatic heterocycles. The van der Waals surface area contributed by atoms with Gasteiger partial charge in [-0.05, 0) is 42.7 Å². The number of ether oxygens (including phenoxy) is 1. The summed E-state index contributed by atoms with van der Waals surface area (Å²) in [5.74, 6) is -1.69. The number of piperidine rings is 1. The zero-order valence-electron chi connectivity index (χ0n) is 18.8. The Morgan fingerprint density at radius 1 is 1.30 bits per heavy atom. The zero-order valence-corrected chi connectivity index (χ0v) is 19.6. The quantitative estimate of drug-likeness (QED) is 0.696. The lowest BCUT2D eigenvalue weighted by atomic mass is 9.90. The molecule has 0 bridgehead atoms. The van der Waals surface area contributed by atoms with E-state index < -0.39 is 11.8 Å². The van der Waals surface area contributed by atoms with Crippen LogP contribution in [0.4, 0.5) is 15.8 Å². The van der Waals surface area contributed by atoms with Gasteiger partial charge in [0, 0.05) is 37.8 Å². The van der Waals surface area contributed by atoms with Gasteiger partial charge in [0.2, 0.25) is 0 Å². The maximum atomic E-state index is 14.1. The highest BCUT2D eigenvalue weighted by Gasteiger charge is 2.39. The highest BCUT2D eigenvalue weighted by Crippen LogP contribution is 2.43. The smallest absolute Gasteiger partial charge is 0.303 e. The molecule has 1 N–H and O–H groups in total. The van der Waals surface area contributed by atoms with Gasteiger partial charge in [-0.15, -0.1) is 0 Å². The number of carboxylic acid groups (broad SMARTS) is 1. The number of halogens is 2. The molecule has 0 saturated carbocycles. The summed E-state index contributed by atoms with van der Waals surface area (Å²) >= 11 is 5.84. The van der Waals surface area contributed by atoms with Crippen LogP contribution in [0.25, 0.3) is 0 Å². The number of carboxylic acids is 1. The molecule has 4 rings (SSSR count). The van der Waals surface area contributed by atoms with Crippen molar-refractivity contribution in [1.82, 2.24) is 9.88 Å². The molecule has 1 amide bonds. The van der Waals surface area contributed by atoms with Crippen LogP contribution in [-0.4, -0.2) is 59.7 Å². The molecule has 9 heteroatoms. The lowest BCUT2D eigenvalue weighted by Gasteiger charge is -2.37. The second kappa shape index (κ2) is 8.91. The molecule has 1 saturated heterocycles. The number of carbonyl (C=O) groups is 2. The molecular weight excluding hydrogens is 449 g/mol. The first-order valence-electron chi connectivity index (χ1n) is 10.9. The number of methoxy groups -OCH3 is 1. The van der Waals surface area contributed by atoms with Crippen LogP contribution < -0.4 is 4.90 Å². The van der Waals surface area contributed by atoms with Gasteiger partial charge in [0.15, 0.2) is 0 Å². The van der Waals surface area contributed by atoms with E-state index in [1.54, 1.807) is 17.0 Å². The molecule has 1 fully saturated rings. The van der Waals surface area contributed by atoms with Crippen molar-refractivity contribution in [2.45, 2.75) is 38.2 Å². The molecular formula is C24H27ClFN3O4. The minimum Gasteiger partial charge on any atom is -0.481 e. The fourth-order valence-electron chi connectivity index (χ4n) is 4.76. The van der Waals surface area contributed by atoms with E-state index in [1.165, 1.54) is 19.2 Å². The van der Waals surface area contributed by atoms with Crippen LogP contribution in [0.5, 0.6) is 0 Å². The minimum atomic E-state index is -0.866. The van der Waals surface area contributed by atoms with Crippen LogP contribution in [0.2, 0.25) is 5.02 Å². The van der Waals surface area contributed by atoms with Crippen molar-refractivity contribution in [2.75, 3.05) is 31.6 Å². The summed E-state index contributed by atoms with van der Waals surface area (Å²) < 4.78 is 19.6. The fraction of sp³-hybridized carbons (Fsp3) is 0.458. The minimum absolute atomic E-state index is 0.0208. The number of amides is 1. The van der Waals surface area contributed by atoms with E-state index in [0.717, 1.165) is 11.4 Å². The summed E-state index contributed by atoms with van der Waals surface area (Å²) in [6.45, 7) is 5.44. The number of hydrogen-bond acceptors (Lipinski definition) is 5. The van der Waals surface area contributed by atoms with Crippen molar-refractivity contribution in [3.05, 3.63) is 52.6 Å². The Bertz CT molecular complexity index is 1090. The third-order valence-electron chi connectivity index (χ3n) is 6.52. The van der Waals surface area contributed by atoms with E-state index >= 15 is 0 Å². The Morgan fingerprint density at radius 3 is 2.73 bits per heavy atom. The number of pyridine rings is 1. The van der Waals surface area contributed by atoms with E-state index in [0.29, 0.717) is 37.4 Å². The first-order chi connectivity index (χ1) is 15.6. The van der Waals surface area contributed by atoms with Crippen LogP contribution in [0.15, 0.2) is 30.3 Å². The largest absolute Gasteiger partial charge is 0.481 e. The zero-order chi connectivity index (χ0) is 23.9. The normalized spacial score (nSPS) is 21.7. The maximum Gasteiger partial charge on any atom is 0.303 e. The van der Waals surface area contributed by atoms with Crippen molar-refractivity contribution in [3.63, 3.8) is 0 Å². The number of nitrogens with zero attached hydrogens (tertiary/aromatic N) is 3. The molecule has 1 aromatic heterocycles. The second-order valence-electron chi connectivity index (χ2n) is 9.30. The summed E-state index contributed by atoms with van der Waals surface area (Å²) in [7, 11) is 1.54. The lowest BCUT2D eigenvalue weighted by Crippen LogP contribution is -2.48. The van der Waals surface area contributed by atoms with E-state index in [9.17, 15) is 14.0 Å². The fourth-order valence-corrected chi connectivity index (χ4v) is 4.88. The monoisotopic (exact) mass is 475 g/mol. The molecule has 0 radical (unpaired) electrons. The summed E-state index contributed by atoms with van der Waals surface area (Å²) in [4.78, 5) is 32.8. The Morgan fingerprint density at radius 2 is 2.06 bits per heavy atom. The third kappa shape index (κ3) is 4.54. The number of anilines is 2. The predicted octanol–water partition coefficient (Wildman–Crippen LogP) is 4.26. The maximum absolute atomic E-state index is 14.1. The van der Waals surface area contributed by atoms with Gasteiger partial charge >= 0.3 is 5.97 Å². The van der Waals surface area contributed by atoms with Gasteiger partial charge in [-0.3, -0.25) is 9.59 Å².